The van der Waals surface area contributed by atoms with Gasteiger partial charge in [0, 0.05) is 24.6 Å². The van der Waals surface area contributed by atoms with Gasteiger partial charge in [-0.25, -0.2) is 0 Å². The lowest BCUT2D eigenvalue weighted by Crippen LogP contribution is -2.28. The molecule has 1 aliphatic rings. The van der Waals surface area contributed by atoms with E-state index in [-0.39, 0.29) is 23.4 Å². The summed E-state index contributed by atoms with van der Waals surface area (Å²) in [6.07, 6.45) is 6.94. The molecule has 22 heavy (non-hydrogen) atoms. The highest BCUT2D eigenvalue weighted by molar-refractivity contribution is 5.79. The number of phenols is 2. The highest BCUT2D eigenvalue weighted by atomic mass is 16.3. The van der Waals surface area contributed by atoms with Gasteiger partial charge in [-0.05, 0) is 30.9 Å². The van der Waals surface area contributed by atoms with Crippen LogP contribution in [-0.4, -0.2) is 27.6 Å². The molecule has 1 unspecified atom stereocenters. The molecule has 0 aromatic heterocycles. The third-order valence-corrected chi connectivity index (χ3v) is 4.27. The monoisotopic (exact) mass is 303 g/mol. The SMILES string of the molecule is C=CCN1C(=O)CCC1c1c(O)cc(O)cc1CCCCC. The van der Waals surface area contributed by atoms with Crippen LogP contribution in [0.4, 0.5) is 0 Å². The zero-order valence-corrected chi connectivity index (χ0v) is 13.2. The molecule has 0 saturated carbocycles. The number of likely N-dealkylation sites (tertiary alicyclic amines) is 1. The molecule has 0 bridgehead atoms. The van der Waals surface area contributed by atoms with Crippen molar-refractivity contribution in [2.24, 2.45) is 0 Å². The summed E-state index contributed by atoms with van der Waals surface area (Å²) in [6, 6.07) is 2.97. The predicted octanol–water partition coefficient (Wildman–Crippen LogP) is 3.68. The molecule has 120 valence electrons. The molecule has 0 aliphatic carbocycles. The summed E-state index contributed by atoms with van der Waals surface area (Å²) in [5.41, 5.74) is 1.74. The number of phenolic OH excluding ortho intramolecular Hbond substituents is 2. The average molecular weight is 303 g/mol. The number of hydrogen-bond acceptors (Lipinski definition) is 3. The molecule has 4 heteroatoms. The van der Waals surface area contributed by atoms with Crippen molar-refractivity contribution in [3.05, 3.63) is 35.9 Å². The van der Waals surface area contributed by atoms with Crippen molar-refractivity contribution in [2.45, 2.75) is 51.5 Å². The van der Waals surface area contributed by atoms with Crippen LogP contribution < -0.4 is 0 Å². The van der Waals surface area contributed by atoms with Crippen molar-refractivity contribution in [3.8, 4) is 11.5 Å². The van der Waals surface area contributed by atoms with Crippen LogP contribution >= 0.6 is 0 Å². The number of aryl methyl sites for hydroxylation is 1. The van der Waals surface area contributed by atoms with Crippen LogP contribution in [0.1, 0.15) is 56.2 Å². The van der Waals surface area contributed by atoms with Gasteiger partial charge in [-0.2, -0.15) is 0 Å². The number of unbranched alkanes of at least 4 members (excludes halogenated alkanes) is 2. The van der Waals surface area contributed by atoms with E-state index in [1.165, 1.54) is 6.07 Å². The van der Waals surface area contributed by atoms with E-state index < -0.39 is 0 Å². The maximum absolute atomic E-state index is 12.0. The van der Waals surface area contributed by atoms with E-state index in [9.17, 15) is 15.0 Å². The zero-order valence-electron chi connectivity index (χ0n) is 13.2. The van der Waals surface area contributed by atoms with E-state index in [0.717, 1.165) is 36.8 Å². The van der Waals surface area contributed by atoms with Gasteiger partial charge in [-0.1, -0.05) is 25.8 Å². The summed E-state index contributed by atoms with van der Waals surface area (Å²) < 4.78 is 0. The van der Waals surface area contributed by atoms with Crippen molar-refractivity contribution >= 4 is 5.91 Å². The normalized spacial score (nSPS) is 18.0. The summed E-state index contributed by atoms with van der Waals surface area (Å²) in [4.78, 5) is 13.8. The quantitative estimate of drug-likeness (QED) is 0.596. The minimum Gasteiger partial charge on any atom is -0.508 e. The molecule has 1 heterocycles. The van der Waals surface area contributed by atoms with Crippen molar-refractivity contribution in [3.63, 3.8) is 0 Å². The number of aromatic hydroxyl groups is 2. The highest BCUT2D eigenvalue weighted by Crippen LogP contribution is 2.41. The molecular weight excluding hydrogens is 278 g/mol. The fourth-order valence-corrected chi connectivity index (χ4v) is 3.24. The first-order valence-corrected chi connectivity index (χ1v) is 8.03. The number of carbonyl (C=O) groups is 1. The molecule has 0 spiro atoms. The fraction of sp³-hybridized carbons (Fsp3) is 0.500. The van der Waals surface area contributed by atoms with Crippen LogP contribution in [0.2, 0.25) is 0 Å². The lowest BCUT2D eigenvalue weighted by Gasteiger charge is -2.26. The number of carbonyl (C=O) groups excluding carboxylic acids is 1. The number of amides is 1. The minimum atomic E-state index is -0.122. The second-order valence-corrected chi connectivity index (χ2v) is 5.88. The molecule has 1 saturated heterocycles. The first kappa shape index (κ1) is 16.4. The summed E-state index contributed by atoms with van der Waals surface area (Å²) in [5.74, 6) is 0.254. The Morgan fingerprint density at radius 1 is 1.36 bits per heavy atom. The Balaban J connectivity index is 2.35. The van der Waals surface area contributed by atoms with Crippen LogP contribution in [0.25, 0.3) is 0 Å². The van der Waals surface area contributed by atoms with Gasteiger partial charge in [0.15, 0.2) is 0 Å². The summed E-state index contributed by atoms with van der Waals surface area (Å²) >= 11 is 0. The molecule has 4 nitrogen and oxygen atoms in total. The van der Waals surface area contributed by atoms with Crippen LogP contribution in [0, 0.1) is 0 Å². The molecule has 1 amide bonds. The van der Waals surface area contributed by atoms with Gasteiger partial charge in [0.05, 0.1) is 6.04 Å². The number of rotatable bonds is 7. The Morgan fingerprint density at radius 3 is 2.82 bits per heavy atom. The van der Waals surface area contributed by atoms with Gasteiger partial charge in [-0.15, -0.1) is 6.58 Å². The third kappa shape index (κ3) is 3.43. The van der Waals surface area contributed by atoms with Crippen LogP contribution in [0.5, 0.6) is 11.5 Å². The molecule has 0 radical (unpaired) electrons. The molecule has 1 fully saturated rings. The van der Waals surface area contributed by atoms with E-state index >= 15 is 0 Å². The average Bonchev–Trinajstić information content (AvgIpc) is 2.81. The molecule has 2 N–H and O–H groups in total. The fourth-order valence-electron chi connectivity index (χ4n) is 3.24. The molecule has 2 rings (SSSR count). The summed E-state index contributed by atoms with van der Waals surface area (Å²) in [7, 11) is 0. The number of hydrogen-bond donors (Lipinski definition) is 2. The van der Waals surface area contributed by atoms with E-state index in [1.54, 1.807) is 17.0 Å². The first-order valence-electron chi connectivity index (χ1n) is 8.03. The van der Waals surface area contributed by atoms with Gasteiger partial charge in [-0.3, -0.25) is 4.79 Å². The lowest BCUT2D eigenvalue weighted by atomic mass is 9.93. The van der Waals surface area contributed by atoms with Crippen LogP contribution in [0.3, 0.4) is 0 Å². The Kier molecular flexibility index (Phi) is 5.47. The van der Waals surface area contributed by atoms with Crippen molar-refractivity contribution in [1.82, 2.24) is 4.90 Å². The van der Waals surface area contributed by atoms with Gasteiger partial charge < -0.3 is 15.1 Å². The second kappa shape index (κ2) is 7.34. The van der Waals surface area contributed by atoms with E-state index in [4.69, 9.17) is 0 Å². The maximum atomic E-state index is 12.0. The third-order valence-electron chi connectivity index (χ3n) is 4.27. The van der Waals surface area contributed by atoms with Crippen LogP contribution in [-0.2, 0) is 11.2 Å². The van der Waals surface area contributed by atoms with Crippen molar-refractivity contribution < 1.29 is 15.0 Å². The van der Waals surface area contributed by atoms with E-state index in [2.05, 4.69) is 13.5 Å². The predicted molar refractivity (Wildman–Crippen MR) is 86.9 cm³/mol. The molecule has 1 aromatic carbocycles. The Morgan fingerprint density at radius 2 is 2.14 bits per heavy atom. The standard InChI is InChI=1S/C18H25NO3/c1-3-5-6-7-13-11-14(20)12-16(21)18(13)15-8-9-17(22)19(15)10-4-2/h4,11-12,15,20-21H,2-3,5-10H2,1H3. The zero-order chi connectivity index (χ0) is 16.1. The van der Waals surface area contributed by atoms with E-state index in [0.29, 0.717) is 19.4 Å². The Bertz CT molecular complexity index is 554. The molecule has 1 atom stereocenters. The Labute approximate surface area is 132 Å². The van der Waals surface area contributed by atoms with Gasteiger partial charge in [0.25, 0.3) is 0 Å². The molecule has 1 aromatic rings. The van der Waals surface area contributed by atoms with Gasteiger partial charge >= 0.3 is 0 Å². The van der Waals surface area contributed by atoms with E-state index in [1.807, 2.05) is 0 Å². The topological polar surface area (TPSA) is 60.8 Å². The summed E-state index contributed by atoms with van der Waals surface area (Å²) in [5, 5.41) is 20.1. The molecule has 1 aliphatic heterocycles. The number of benzene rings is 1. The highest BCUT2D eigenvalue weighted by Gasteiger charge is 2.34. The van der Waals surface area contributed by atoms with Gasteiger partial charge in [0.2, 0.25) is 5.91 Å². The minimum absolute atomic E-state index is 0.0762. The smallest absolute Gasteiger partial charge is 0.223 e. The lowest BCUT2D eigenvalue weighted by molar-refractivity contribution is -0.128. The summed E-state index contributed by atoms with van der Waals surface area (Å²) in [6.45, 7) is 6.34. The van der Waals surface area contributed by atoms with Crippen molar-refractivity contribution in [1.29, 1.82) is 0 Å². The number of nitrogens with zero attached hydrogens (tertiary/aromatic N) is 1. The van der Waals surface area contributed by atoms with Crippen molar-refractivity contribution in [2.75, 3.05) is 6.54 Å². The first-order chi connectivity index (χ1) is 10.6. The molecular formula is C18H25NO3. The second-order valence-electron chi connectivity index (χ2n) is 5.88. The Hall–Kier alpha value is -1.97. The van der Waals surface area contributed by atoms with Gasteiger partial charge in [0.1, 0.15) is 11.5 Å². The maximum Gasteiger partial charge on any atom is 0.223 e. The van der Waals surface area contributed by atoms with Crippen LogP contribution in [0.15, 0.2) is 24.8 Å². The largest absolute Gasteiger partial charge is 0.508 e.